The smallest absolute Gasteiger partial charge is 0.124 e. The van der Waals surface area contributed by atoms with Gasteiger partial charge >= 0.3 is 0 Å². The molecule has 0 spiro atoms. The molecular weight excluding hydrogens is 188 g/mol. The molecule has 1 N–H and O–H groups in total. The Morgan fingerprint density at radius 1 is 1.33 bits per heavy atom. The van der Waals surface area contributed by atoms with Crippen molar-refractivity contribution in [3.8, 4) is 5.75 Å². The molecular formula is C12H20N2O. The van der Waals surface area contributed by atoms with E-state index >= 15 is 0 Å². The highest BCUT2D eigenvalue weighted by atomic mass is 16.5. The average Bonchev–Trinajstić information content (AvgIpc) is 2.20. The van der Waals surface area contributed by atoms with Crippen LogP contribution in [-0.4, -0.2) is 39.2 Å². The van der Waals surface area contributed by atoms with E-state index in [1.54, 1.807) is 0 Å². The van der Waals surface area contributed by atoms with E-state index in [4.69, 9.17) is 4.74 Å². The topological polar surface area (TPSA) is 24.5 Å². The third-order valence-corrected chi connectivity index (χ3v) is 2.27. The molecule has 0 aromatic heterocycles. The van der Waals surface area contributed by atoms with Gasteiger partial charge in [0.05, 0.1) is 0 Å². The maximum absolute atomic E-state index is 5.71. The molecule has 1 aromatic rings. The molecule has 0 unspecified atom stereocenters. The fourth-order valence-electron chi connectivity index (χ4n) is 1.25. The minimum atomic E-state index is 0.723. The highest BCUT2D eigenvalue weighted by Crippen LogP contribution is 2.22. The lowest BCUT2D eigenvalue weighted by atomic mass is 10.2. The van der Waals surface area contributed by atoms with Crippen LogP contribution in [0.2, 0.25) is 0 Å². The Kier molecular flexibility index (Phi) is 4.43. The van der Waals surface area contributed by atoms with Crippen LogP contribution >= 0.6 is 0 Å². The number of anilines is 1. The molecule has 15 heavy (non-hydrogen) atoms. The van der Waals surface area contributed by atoms with Gasteiger partial charge in [0.2, 0.25) is 0 Å². The molecule has 84 valence electrons. The van der Waals surface area contributed by atoms with Crippen molar-refractivity contribution >= 4 is 5.69 Å². The molecule has 0 aliphatic rings. The molecule has 0 amide bonds. The van der Waals surface area contributed by atoms with Gasteiger partial charge in [-0.15, -0.1) is 0 Å². The molecule has 0 radical (unpaired) electrons. The lowest BCUT2D eigenvalue weighted by Crippen LogP contribution is -2.19. The molecule has 0 fully saturated rings. The summed E-state index contributed by atoms with van der Waals surface area (Å²) in [6.45, 7) is 3.72. The SMILES string of the molecule is CNc1ccc(C)c(OCCN(C)C)c1. The number of nitrogens with zero attached hydrogens (tertiary/aromatic N) is 1. The summed E-state index contributed by atoms with van der Waals surface area (Å²) >= 11 is 0. The van der Waals surface area contributed by atoms with Crippen LogP contribution in [0.15, 0.2) is 18.2 Å². The molecule has 0 saturated heterocycles. The highest BCUT2D eigenvalue weighted by Gasteiger charge is 2.00. The predicted octanol–water partition coefficient (Wildman–Crippen LogP) is 1.98. The summed E-state index contributed by atoms with van der Waals surface area (Å²) in [4.78, 5) is 2.11. The van der Waals surface area contributed by atoms with Crippen LogP contribution in [0.25, 0.3) is 0 Å². The van der Waals surface area contributed by atoms with Gasteiger partial charge in [-0.25, -0.2) is 0 Å². The first-order valence-electron chi connectivity index (χ1n) is 5.19. The van der Waals surface area contributed by atoms with Gasteiger partial charge in [0.1, 0.15) is 12.4 Å². The summed E-state index contributed by atoms with van der Waals surface area (Å²) in [7, 11) is 5.99. The summed E-state index contributed by atoms with van der Waals surface area (Å²) in [6.07, 6.45) is 0. The van der Waals surface area contributed by atoms with Crippen LogP contribution in [0, 0.1) is 6.92 Å². The summed E-state index contributed by atoms with van der Waals surface area (Å²) in [6, 6.07) is 6.15. The first kappa shape index (κ1) is 11.9. The van der Waals surface area contributed by atoms with Crippen molar-refractivity contribution in [2.45, 2.75) is 6.92 Å². The first-order chi connectivity index (χ1) is 7.13. The minimum absolute atomic E-state index is 0.723. The number of hydrogen-bond donors (Lipinski definition) is 1. The normalized spacial score (nSPS) is 10.5. The molecule has 1 rings (SSSR count). The van der Waals surface area contributed by atoms with Crippen LogP contribution in [-0.2, 0) is 0 Å². The van der Waals surface area contributed by atoms with Crippen molar-refractivity contribution < 1.29 is 4.74 Å². The van der Waals surface area contributed by atoms with Crippen molar-refractivity contribution in [2.24, 2.45) is 0 Å². The van der Waals surface area contributed by atoms with Crippen LogP contribution in [0.1, 0.15) is 5.56 Å². The number of benzene rings is 1. The van der Waals surface area contributed by atoms with Gasteiger partial charge in [0.15, 0.2) is 0 Å². The molecule has 3 nitrogen and oxygen atoms in total. The van der Waals surface area contributed by atoms with Crippen LogP contribution < -0.4 is 10.1 Å². The number of hydrogen-bond acceptors (Lipinski definition) is 3. The minimum Gasteiger partial charge on any atom is -0.492 e. The number of ether oxygens (including phenoxy) is 1. The molecule has 0 aliphatic carbocycles. The Hall–Kier alpha value is -1.22. The van der Waals surface area contributed by atoms with Gasteiger partial charge in [-0.2, -0.15) is 0 Å². The summed E-state index contributed by atoms with van der Waals surface area (Å²) in [5, 5.41) is 3.10. The summed E-state index contributed by atoms with van der Waals surface area (Å²) in [5.41, 5.74) is 2.26. The Morgan fingerprint density at radius 3 is 2.67 bits per heavy atom. The van der Waals surface area contributed by atoms with Crippen LogP contribution in [0.5, 0.6) is 5.75 Å². The van der Waals surface area contributed by atoms with Gasteiger partial charge in [-0.1, -0.05) is 6.07 Å². The van der Waals surface area contributed by atoms with E-state index in [9.17, 15) is 0 Å². The van der Waals surface area contributed by atoms with E-state index in [-0.39, 0.29) is 0 Å². The molecule has 0 heterocycles. The van der Waals surface area contributed by atoms with E-state index in [2.05, 4.69) is 23.2 Å². The lowest BCUT2D eigenvalue weighted by Gasteiger charge is -2.13. The van der Waals surface area contributed by atoms with E-state index in [0.29, 0.717) is 0 Å². The molecule has 0 atom stereocenters. The monoisotopic (exact) mass is 208 g/mol. The Balaban J connectivity index is 2.59. The Morgan fingerprint density at radius 2 is 2.07 bits per heavy atom. The zero-order valence-electron chi connectivity index (χ0n) is 10.0. The number of likely N-dealkylation sites (N-methyl/N-ethyl adjacent to an activating group) is 1. The van der Waals surface area contributed by atoms with Crippen LogP contribution in [0.4, 0.5) is 5.69 Å². The van der Waals surface area contributed by atoms with Gasteiger partial charge in [0.25, 0.3) is 0 Å². The molecule has 0 bridgehead atoms. The van der Waals surface area contributed by atoms with E-state index in [1.807, 2.05) is 33.3 Å². The molecule has 1 aromatic carbocycles. The lowest BCUT2D eigenvalue weighted by molar-refractivity contribution is 0.260. The van der Waals surface area contributed by atoms with E-state index < -0.39 is 0 Å². The second kappa shape index (κ2) is 5.61. The molecule has 0 aliphatic heterocycles. The second-order valence-corrected chi connectivity index (χ2v) is 3.88. The summed E-state index contributed by atoms with van der Waals surface area (Å²) in [5.74, 6) is 0.962. The summed E-state index contributed by atoms with van der Waals surface area (Å²) < 4.78 is 5.71. The number of rotatable bonds is 5. The quantitative estimate of drug-likeness (QED) is 0.800. The Labute approximate surface area is 92.0 Å². The zero-order chi connectivity index (χ0) is 11.3. The number of aryl methyl sites for hydroxylation is 1. The van der Waals surface area contributed by atoms with E-state index in [1.165, 1.54) is 5.56 Å². The van der Waals surface area contributed by atoms with Gasteiger partial charge in [0, 0.05) is 25.3 Å². The third kappa shape index (κ3) is 3.80. The van der Waals surface area contributed by atoms with Crippen molar-refractivity contribution in [2.75, 3.05) is 39.6 Å². The zero-order valence-corrected chi connectivity index (χ0v) is 10.0. The maximum atomic E-state index is 5.71. The van der Waals surface area contributed by atoms with Crippen molar-refractivity contribution in [1.29, 1.82) is 0 Å². The van der Waals surface area contributed by atoms with Gasteiger partial charge < -0.3 is 15.0 Å². The van der Waals surface area contributed by atoms with E-state index in [0.717, 1.165) is 24.6 Å². The standard InChI is InChI=1S/C12H20N2O/c1-10-5-6-11(13-2)9-12(10)15-8-7-14(3)4/h5-6,9,13H,7-8H2,1-4H3. The van der Waals surface area contributed by atoms with Crippen molar-refractivity contribution in [3.05, 3.63) is 23.8 Å². The third-order valence-electron chi connectivity index (χ3n) is 2.27. The fraction of sp³-hybridized carbons (Fsp3) is 0.500. The van der Waals surface area contributed by atoms with Crippen molar-refractivity contribution in [1.82, 2.24) is 4.90 Å². The molecule has 3 heteroatoms. The van der Waals surface area contributed by atoms with Crippen LogP contribution in [0.3, 0.4) is 0 Å². The number of nitrogens with one attached hydrogen (secondary N) is 1. The fourth-order valence-corrected chi connectivity index (χ4v) is 1.25. The Bertz CT molecular complexity index is 310. The second-order valence-electron chi connectivity index (χ2n) is 3.88. The maximum Gasteiger partial charge on any atom is 0.124 e. The van der Waals surface area contributed by atoms with Crippen molar-refractivity contribution in [3.63, 3.8) is 0 Å². The first-order valence-corrected chi connectivity index (χ1v) is 5.19. The average molecular weight is 208 g/mol. The largest absolute Gasteiger partial charge is 0.492 e. The van der Waals surface area contributed by atoms with Gasteiger partial charge in [-0.3, -0.25) is 0 Å². The predicted molar refractivity (Wildman–Crippen MR) is 64.8 cm³/mol. The molecule has 0 saturated carbocycles. The highest BCUT2D eigenvalue weighted by molar-refractivity contribution is 5.51. The van der Waals surface area contributed by atoms with Gasteiger partial charge in [-0.05, 0) is 32.6 Å².